The molecule has 0 N–H and O–H groups in total. The number of para-hydroxylation sites is 2. The first kappa shape index (κ1) is 30.3. The summed E-state index contributed by atoms with van der Waals surface area (Å²) in [6.07, 6.45) is 0. The van der Waals surface area contributed by atoms with Gasteiger partial charge in [-0.15, -0.1) is 0 Å². The summed E-state index contributed by atoms with van der Waals surface area (Å²) >= 11 is 0. The highest BCUT2D eigenvalue weighted by Gasteiger charge is 2.20. The third-order valence-corrected chi connectivity index (χ3v) is 10.6. The fraction of sp³-hybridized carbons (Fsp3) is 0. The van der Waals surface area contributed by atoms with Crippen LogP contribution in [0.3, 0.4) is 0 Å². The lowest BCUT2D eigenvalue weighted by Crippen LogP contribution is -1.95. The Labute approximate surface area is 311 Å². The average Bonchev–Trinajstić information content (AvgIpc) is 3.79. The Kier molecular flexibility index (Phi) is 6.82. The smallest absolute Gasteiger partial charge is 0.160 e. The van der Waals surface area contributed by atoms with Gasteiger partial charge >= 0.3 is 0 Å². The van der Waals surface area contributed by atoms with Crippen LogP contribution in [0.4, 0.5) is 0 Å². The second kappa shape index (κ2) is 12.1. The molecule has 3 aromatic heterocycles. The topological polar surface area (TPSA) is 43.9 Å². The van der Waals surface area contributed by atoms with Crippen molar-refractivity contribution in [3.05, 3.63) is 188 Å². The molecule has 0 spiro atoms. The van der Waals surface area contributed by atoms with E-state index in [1.54, 1.807) is 0 Å². The minimum atomic E-state index is 0.701. The maximum atomic E-state index is 6.96. The van der Waals surface area contributed by atoms with E-state index in [2.05, 4.69) is 162 Å². The van der Waals surface area contributed by atoms with Gasteiger partial charge in [0.25, 0.3) is 0 Å². The molecule has 11 rings (SSSR count). The fourth-order valence-electron chi connectivity index (χ4n) is 8.02. The Balaban J connectivity index is 1.15. The third-order valence-electron chi connectivity index (χ3n) is 10.6. The molecule has 0 bridgehead atoms. The summed E-state index contributed by atoms with van der Waals surface area (Å²) in [6, 6.07) is 66.1. The van der Waals surface area contributed by atoms with Gasteiger partial charge in [0.1, 0.15) is 5.58 Å². The lowest BCUT2D eigenvalue weighted by atomic mass is 10.0. The molecule has 0 atom stereocenters. The molecule has 54 heavy (non-hydrogen) atoms. The van der Waals surface area contributed by atoms with Crippen molar-refractivity contribution in [2.75, 3.05) is 0 Å². The zero-order valence-electron chi connectivity index (χ0n) is 29.1. The molecule has 4 heteroatoms. The van der Waals surface area contributed by atoms with E-state index in [0.29, 0.717) is 5.82 Å². The Morgan fingerprint density at radius 2 is 0.926 bits per heavy atom. The van der Waals surface area contributed by atoms with Crippen LogP contribution in [0.15, 0.2) is 192 Å². The Morgan fingerprint density at radius 3 is 1.59 bits per heavy atom. The van der Waals surface area contributed by atoms with Crippen LogP contribution < -0.4 is 0 Å². The molecule has 252 valence electrons. The van der Waals surface area contributed by atoms with E-state index in [-0.39, 0.29) is 0 Å². The summed E-state index contributed by atoms with van der Waals surface area (Å²) in [5.41, 5.74) is 13.4. The van der Waals surface area contributed by atoms with Gasteiger partial charge in [0.05, 0.1) is 27.9 Å². The normalized spacial score (nSPS) is 11.7. The van der Waals surface area contributed by atoms with Gasteiger partial charge in [-0.3, -0.25) is 0 Å². The highest BCUT2D eigenvalue weighted by Crippen LogP contribution is 2.41. The second-order valence-corrected chi connectivity index (χ2v) is 13.8. The molecule has 0 radical (unpaired) electrons. The molecule has 0 amide bonds. The number of aromatic nitrogens is 3. The van der Waals surface area contributed by atoms with Crippen molar-refractivity contribution in [1.82, 2.24) is 14.5 Å². The first-order chi connectivity index (χ1) is 26.8. The van der Waals surface area contributed by atoms with Crippen molar-refractivity contribution in [1.29, 1.82) is 0 Å². The predicted octanol–water partition coefficient (Wildman–Crippen LogP) is 13.3. The lowest BCUT2D eigenvalue weighted by Gasteiger charge is -2.10. The van der Waals surface area contributed by atoms with Gasteiger partial charge in [-0.05, 0) is 58.7 Å². The van der Waals surface area contributed by atoms with E-state index in [0.717, 1.165) is 66.4 Å². The van der Waals surface area contributed by atoms with Gasteiger partial charge in [-0.25, -0.2) is 9.97 Å². The van der Waals surface area contributed by atoms with Gasteiger partial charge in [-0.2, -0.15) is 0 Å². The van der Waals surface area contributed by atoms with Crippen LogP contribution in [0.2, 0.25) is 0 Å². The zero-order valence-corrected chi connectivity index (χ0v) is 29.1. The molecule has 11 aromatic rings. The Morgan fingerprint density at radius 1 is 0.370 bits per heavy atom. The molecular weight excluding hydrogens is 659 g/mol. The number of benzene rings is 8. The van der Waals surface area contributed by atoms with E-state index in [1.165, 1.54) is 33.0 Å². The van der Waals surface area contributed by atoms with Gasteiger partial charge < -0.3 is 8.98 Å². The number of fused-ring (bicyclic) bond motifs is 7. The first-order valence-electron chi connectivity index (χ1n) is 18.2. The summed E-state index contributed by atoms with van der Waals surface area (Å²) in [5, 5.41) is 5.53. The van der Waals surface area contributed by atoms with Crippen LogP contribution >= 0.6 is 0 Å². The molecule has 0 aliphatic heterocycles. The fourth-order valence-corrected chi connectivity index (χ4v) is 8.02. The maximum absolute atomic E-state index is 6.96. The van der Waals surface area contributed by atoms with Gasteiger partial charge in [0.15, 0.2) is 11.4 Å². The molecule has 3 heterocycles. The highest BCUT2D eigenvalue weighted by atomic mass is 16.3. The summed E-state index contributed by atoms with van der Waals surface area (Å²) in [7, 11) is 0. The number of hydrogen-bond donors (Lipinski definition) is 0. The molecule has 0 saturated heterocycles. The second-order valence-electron chi connectivity index (χ2n) is 13.8. The van der Waals surface area contributed by atoms with Crippen LogP contribution in [0.5, 0.6) is 0 Å². The van der Waals surface area contributed by atoms with Crippen molar-refractivity contribution in [2.24, 2.45) is 0 Å². The van der Waals surface area contributed by atoms with Crippen LogP contribution in [-0.4, -0.2) is 14.5 Å². The average molecular weight is 690 g/mol. The van der Waals surface area contributed by atoms with E-state index in [9.17, 15) is 0 Å². The van der Waals surface area contributed by atoms with E-state index < -0.39 is 0 Å². The number of hydrogen-bond acceptors (Lipinski definition) is 3. The van der Waals surface area contributed by atoms with Crippen molar-refractivity contribution >= 4 is 54.6 Å². The lowest BCUT2D eigenvalue weighted by molar-refractivity contribution is 0.666. The van der Waals surface area contributed by atoms with Crippen LogP contribution in [-0.2, 0) is 0 Å². The summed E-state index contributed by atoms with van der Waals surface area (Å²) in [5.74, 6) is 0.701. The molecule has 0 aliphatic carbocycles. The number of rotatable bonds is 5. The summed E-state index contributed by atoms with van der Waals surface area (Å²) < 4.78 is 9.35. The molecule has 0 fully saturated rings. The third kappa shape index (κ3) is 4.85. The van der Waals surface area contributed by atoms with Crippen molar-refractivity contribution in [3.63, 3.8) is 0 Å². The van der Waals surface area contributed by atoms with Gasteiger partial charge in [0.2, 0.25) is 0 Å². The van der Waals surface area contributed by atoms with E-state index in [1.807, 2.05) is 30.3 Å². The van der Waals surface area contributed by atoms with Crippen molar-refractivity contribution in [2.45, 2.75) is 0 Å². The highest BCUT2D eigenvalue weighted by molar-refractivity contribution is 6.14. The molecule has 8 aromatic carbocycles. The quantitative estimate of drug-likeness (QED) is 0.181. The summed E-state index contributed by atoms with van der Waals surface area (Å²) in [6.45, 7) is 0. The minimum Gasteiger partial charge on any atom is -0.454 e. The van der Waals surface area contributed by atoms with Crippen molar-refractivity contribution in [3.8, 4) is 50.6 Å². The van der Waals surface area contributed by atoms with Gasteiger partial charge in [0, 0.05) is 38.1 Å². The molecule has 0 unspecified atom stereocenters. The Bertz CT molecular complexity index is 3100. The maximum Gasteiger partial charge on any atom is 0.160 e. The molecule has 0 aliphatic rings. The first-order valence-corrected chi connectivity index (χ1v) is 18.2. The van der Waals surface area contributed by atoms with Crippen LogP contribution in [0, 0.1) is 0 Å². The van der Waals surface area contributed by atoms with Crippen LogP contribution in [0.25, 0.3) is 105 Å². The van der Waals surface area contributed by atoms with Gasteiger partial charge in [-0.1, -0.05) is 152 Å². The zero-order chi connectivity index (χ0) is 35.6. The largest absolute Gasteiger partial charge is 0.454 e. The van der Waals surface area contributed by atoms with E-state index >= 15 is 0 Å². The SMILES string of the molecule is c1ccc(-c2ccc3c4ccc(-c5ccccc5)cc4n(-c4cccc5c4oc4cc(-c6nc(-c7ccccc7)nc7ccccc67)ccc45)c3c2)cc1. The standard InChI is InChI=1S/C50H31N3O/c1-4-13-32(14-5-1)35-23-26-38-39-27-24-36(33-15-6-2-7-16-33)30-46(39)53(45(38)29-35)44-22-12-20-41-40-28-25-37(31-47(40)54-49(41)44)48-42-19-10-11-21-43(42)51-50(52-48)34-17-8-3-9-18-34/h1-31H. The van der Waals surface area contributed by atoms with Crippen molar-refractivity contribution < 1.29 is 4.42 Å². The predicted molar refractivity (Wildman–Crippen MR) is 223 cm³/mol. The molecular formula is C50H31N3O. The number of nitrogens with zero attached hydrogens (tertiary/aromatic N) is 3. The molecule has 0 saturated carbocycles. The van der Waals surface area contributed by atoms with Crippen LogP contribution in [0.1, 0.15) is 0 Å². The number of furan rings is 1. The monoisotopic (exact) mass is 689 g/mol. The van der Waals surface area contributed by atoms with E-state index in [4.69, 9.17) is 14.4 Å². The Hall–Kier alpha value is -7.30. The summed E-state index contributed by atoms with van der Waals surface area (Å²) in [4.78, 5) is 10.1. The molecule has 4 nitrogen and oxygen atoms in total. The minimum absolute atomic E-state index is 0.701.